The summed E-state index contributed by atoms with van der Waals surface area (Å²) in [6.45, 7) is 1.60. The van der Waals surface area contributed by atoms with Gasteiger partial charge in [-0.05, 0) is 36.8 Å². The van der Waals surface area contributed by atoms with Gasteiger partial charge in [0.15, 0.2) is 0 Å². The van der Waals surface area contributed by atoms with Gasteiger partial charge in [-0.15, -0.1) is 0 Å². The van der Waals surface area contributed by atoms with Crippen LogP contribution in [0.25, 0.3) is 0 Å². The fourth-order valence-corrected chi connectivity index (χ4v) is 3.00. The van der Waals surface area contributed by atoms with E-state index >= 15 is 0 Å². The minimum absolute atomic E-state index is 0.101. The van der Waals surface area contributed by atoms with Gasteiger partial charge in [0.25, 0.3) is 10.0 Å². The van der Waals surface area contributed by atoms with Crippen molar-refractivity contribution in [2.24, 2.45) is 0 Å². The number of rotatable bonds is 3. The van der Waals surface area contributed by atoms with Gasteiger partial charge in [-0.25, -0.2) is 12.8 Å². The standard InChI is InChI=1S/C13H13FN2O2S/c1-9-6-7-10(14)8-13(9)19(17,18)16-12-5-3-2-4-11(12)15/h2-8,16H,15H2,1H3. The van der Waals surface area contributed by atoms with Crippen molar-refractivity contribution in [1.29, 1.82) is 0 Å². The highest BCUT2D eigenvalue weighted by atomic mass is 32.2. The molecule has 0 aromatic heterocycles. The largest absolute Gasteiger partial charge is 0.397 e. The SMILES string of the molecule is Cc1ccc(F)cc1S(=O)(=O)Nc1ccccc1N. The number of nitrogen functional groups attached to an aromatic ring is 1. The summed E-state index contributed by atoms with van der Waals surface area (Å²) >= 11 is 0. The highest BCUT2D eigenvalue weighted by molar-refractivity contribution is 7.92. The number of anilines is 2. The molecule has 0 unspecified atom stereocenters. The summed E-state index contributed by atoms with van der Waals surface area (Å²) in [5, 5.41) is 0. The Kier molecular flexibility index (Phi) is 3.44. The van der Waals surface area contributed by atoms with Crippen molar-refractivity contribution >= 4 is 21.4 Å². The molecule has 0 atom stereocenters. The Morgan fingerprint density at radius 3 is 2.53 bits per heavy atom. The van der Waals surface area contributed by atoms with E-state index in [4.69, 9.17) is 5.73 Å². The third kappa shape index (κ3) is 2.85. The van der Waals surface area contributed by atoms with E-state index in [1.54, 1.807) is 31.2 Å². The quantitative estimate of drug-likeness (QED) is 0.848. The minimum Gasteiger partial charge on any atom is -0.397 e. The number of benzene rings is 2. The number of aryl methyl sites for hydroxylation is 1. The second kappa shape index (κ2) is 4.89. The number of sulfonamides is 1. The third-order valence-corrected chi connectivity index (χ3v) is 4.15. The third-order valence-electron chi connectivity index (χ3n) is 2.64. The van der Waals surface area contributed by atoms with Crippen LogP contribution >= 0.6 is 0 Å². The summed E-state index contributed by atoms with van der Waals surface area (Å²) in [6, 6.07) is 10.1. The molecule has 0 saturated heterocycles. The smallest absolute Gasteiger partial charge is 0.262 e. The average Bonchev–Trinajstić information content (AvgIpc) is 2.35. The monoisotopic (exact) mass is 280 g/mol. The number of hydrogen-bond donors (Lipinski definition) is 2. The molecule has 2 aromatic rings. The Bertz CT molecular complexity index is 714. The predicted molar refractivity (Wildman–Crippen MR) is 72.8 cm³/mol. The molecule has 4 nitrogen and oxygen atoms in total. The summed E-state index contributed by atoms with van der Waals surface area (Å²) in [6.07, 6.45) is 0. The summed E-state index contributed by atoms with van der Waals surface area (Å²) in [5.74, 6) is -0.605. The normalized spacial score (nSPS) is 11.3. The molecule has 2 aromatic carbocycles. The molecular weight excluding hydrogens is 267 g/mol. The molecular formula is C13H13FN2O2S. The lowest BCUT2D eigenvalue weighted by Crippen LogP contribution is -2.15. The molecule has 0 spiro atoms. The van der Waals surface area contributed by atoms with Gasteiger partial charge in [-0.1, -0.05) is 18.2 Å². The molecule has 0 bridgehead atoms. The van der Waals surface area contributed by atoms with Gasteiger partial charge < -0.3 is 5.73 Å². The molecule has 0 saturated carbocycles. The van der Waals surface area contributed by atoms with E-state index < -0.39 is 15.8 Å². The van der Waals surface area contributed by atoms with Crippen LogP contribution in [-0.2, 0) is 10.0 Å². The summed E-state index contributed by atoms with van der Waals surface area (Å²) in [5.41, 5.74) is 6.71. The van der Waals surface area contributed by atoms with Crippen molar-refractivity contribution in [3.8, 4) is 0 Å². The molecule has 0 aliphatic heterocycles. The first kappa shape index (κ1) is 13.4. The molecule has 0 amide bonds. The predicted octanol–water partition coefficient (Wildman–Crippen LogP) is 2.52. The van der Waals surface area contributed by atoms with Crippen LogP contribution in [0, 0.1) is 12.7 Å². The van der Waals surface area contributed by atoms with Crippen molar-refractivity contribution in [1.82, 2.24) is 0 Å². The van der Waals surface area contributed by atoms with Crippen molar-refractivity contribution in [3.05, 3.63) is 53.8 Å². The molecule has 0 heterocycles. The number of hydrogen-bond acceptors (Lipinski definition) is 3. The van der Waals surface area contributed by atoms with E-state index in [9.17, 15) is 12.8 Å². The van der Waals surface area contributed by atoms with Gasteiger partial charge >= 0.3 is 0 Å². The Morgan fingerprint density at radius 2 is 1.84 bits per heavy atom. The van der Waals surface area contributed by atoms with Gasteiger partial charge in [0.2, 0.25) is 0 Å². The highest BCUT2D eigenvalue weighted by Crippen LogP contribution is 2.23. The van der Waals surface area contributed by atoms with Crippen LogP contribution in [-0.4, -0.2) is 8.42 Å². The van der Waals surface area contributed by atoms with Crippen LogP contribution < -0.4 is 10.5 Å². The lowest BCUT2D eigenvalue weighted by molar-refractivity contribution is 0.594. The lowest BCUT2D eigenvalue weighted by atomic mass is 10.2. The molecule has 0 aliphatic rings. The average molecular weight is 280 g/mol. The van der Waals surface area contributed by atoms with E-state index in [1.165, 1.54) is 12.1 Å². The zero-order valence-corrected chi connectivity index (χ0v) is 11.0. The fraction of sp³-hybridized carbons (Fsp3) is 0.0769. The number of halogens is 1. The fourth-order valence-electron chi connectivity index (χ4n) is 1.65. The molecule has 19 heavy (non-hydrogen) atoms. The summed E-state index contributed by atoms with van der Waals surface area (Å²) < 4.78 is 39.9. The Hall–Kier alpha value is -2.08. The van der Waals surface area contributed by atoms with E-state index in [0.717, 1.165) is 6.07 Å². The van der Waals surface area contributed by atoms with Crippen molar-refractivity contribution in [2.75, 3.05) is 10.5 Å². The van der Waals surface area contributed by atoms with E-state index in [2.05, 4.69) is 4.72 Å². The molecule has 0 radical (unpaired) electrons. The zero-order chi connectivity index (χ0) is 14.0. The van der Waals surface area contributed by atoms with Crippen LogP contribution in [0.4, 0.5) is 15.8 Å². The minimum atomic E-state index is -3.86. The van der Waals surface area contributed by atoms with Gasteiger partial charge in [-0.3, -0.25) is 4.72 Å². The maximum absolute atomic E-state index is 13.2. The zero-order valence-electron chi connectivity index (χ0n) is 10.2. The second-order valence-corrected chi connectivity index (χ2v) is 5.75. The van der Waals surface area contributed by atoms with Crippen molar-refractivity contribution < 1.29 is 12.8 Å². The number of nitrogens with one attached hydrogen (secondary N) is 1. The van der Waals surface area contributed by atoms with E-state index in [1.807, 2.05) is 0 Å². The number of para-hydroxylation sites is 2. The topological polar surface area (TPSA) is 72.2 Å². The second-order valence-electron chi connectivity index (χ2n) is 4.10. The van der Waals surface area contributed by atoms with E-state index in [0.29, 0.717) is 11.3 Å². The lowest BCUT2D eigenvalue weighted by Gasteiger charge is -2.11. The van der Waals surface area contributed by atoms with Gasteiger partial charge in [0.05, 0.1) is 16.3 Å². The molecule has 0 fully saturated rings. The number of nitrogens with two attached hydrogens (primary N) is 1. The van der Waals surface area contributed by atoms with Crippen LogP contribution in [0.15, 0.2) is 47.4 Å². The first-order valence-electron chi connectivity index (χ1n) is 5.53. The Balaban J connectivity index is 2.44. The molecule has 2 rings (SSSR count). The molecule has 0 aliphatic carbocycles. The highest BCUT2D eigenvalue weighted by Gasteiger charge is 2.18. The summed E-state index contributed by atoms with van der Waals surface area (Å²) in [7, 11) is -3.86. The molecule has 3 N–H and O–H groups in total. The Labute approximate surface area is 111 Å². The Morgan fingerprint density at radius 1 is 1.16 bits per heavy atom. The molecule has 6 heteroatoms. The first-order valence-corrected chi connectivity index (χ1v) is 7.02. The maximum Gasteiger partial charge on any atom is 0.262 e. The van der Waals surface area contributed by atoms with Gasteiger partial charge in [-0.2, -0.15) is 0 Å². The van der Waals surface area contributed by atoms with E-state index in [-0.39, 0.29) is 10.6 Å². The van der Waals surface area contributed by atoms with Crippen LogP contribution in [0.1, 0.15) is 5.56 Å². The molecule has 100 valence electrons. The first-order chi connectivity index (χ1) is 8.90. The summed E-state index contributed by atoms with van der Waals surface area (Å²) in [4.78, 5) is -0.101. The van der Waals surface area contributed by atoms with Crippen LogP contribution in [0.3, 0.4) is 0 Å². The van der Waals surface area contributed by atoms with Gasteiger partial charge in [0, 0.05) is 0 Å². The van der Waals surface area contributed by atoms with Crippen molar-refractivity contribution in [2.45, 2.75) is 11.8 Å². The maximum atomic E-state index is 13.2. The van der Waals surface area contributed by atoms with Crippen LogP contribution in [0.5, 0.6) is 0 Å². The van der Waals surface area contributed by atoms with Crippen LogP contribution in [0.2, 0.25) is 0 Å². The van der Waals surface area contributed by atoms with Gasteiger partial charge in [0.1, 0.15) is 5.82 Å². The van der Waals surface area contributed by atoms with Crippen molar-refractivity contribution in [3.63, 3.8) is 0 Å².